The molecule has 0 aliphatic carbocycles. The number of aromatic hydroxyl groups is 1. The van der Waals surface area contributed by atoms with E-state index in [9.17, 15) is 5.11 Å². The Balaban J connectivity index is 2.26. The highest BCUT2D eigenvalue weighted by Crippen LogP contribution is 2.32. The van der Waals surface area contributed by atoms with Crippen LogP contribution in [0.25, 0.3) is 0 Å². The van der Waals surface area contributed by atoms with E-state index >= 15 is 0 Å². The number of piperidine rings is 1. The first-order chi connectivity index (χ1) is 6.79. The Hall–Kier alpha value is -1.38. The molecule has 0 radical (unpaired) electrons. The van der Waals surface area contributed by atoms with Crippen LogP contribution in [0, 0.1) is 0 Å². The number of nitrogens with zero attached hydrogens (tertiary/aromatic N) is 1. The number of rotatable bonds is 1. The first-order valence-corrected chi connectivity index (χ1v) is 5.11. The maximum Gasteiger partial charge on any atom is 0.140 e. The van der Waals surface area contributed by atoms with E-state index in [-0.39, 0.29) is 5.75 Å². The second-order valence-electron chi connectivity index (χ2n) is 3.76. The summed E-state index contributed by atoms with van der Waals surface area (Å²) in [4.78, 5) is 2.25. The van der Waals surface area contributed by atoms with Crippen LogP contribution in [0.3, 0.4) is 0 Å². The van der Waals surface area contributed by atoms with Gasteiger partial charge in [0.25, 0.3) is 0 Å². The van der Waals surface area contributed by atoms with Crippen molar-refractivity contribution in [2.45, 2.75) is 19.3 Å². The Morgan fingerprint density at radius 2 is 1.86 bits per heavy atom. The zero-order valence-electron chi connectivity index (χ0n) is 8.24. The molecule has 1 heterocycles. The fourth-order valence-corrected chi connectivity index (χ4v) is 1.95. The first kappa shape index (κ1) is 9.19. The molecule has 1 fully saturated rings. The minimum Gasteiger partial charge on any atom is -0.506 e. The smallest absolute Gasteiger partial charge is 0.140 e. The van der Waals surface area contributed by atoms with Crippen molar-refractivity contribution in [1.29, 1.82) is 0 Å². The van der Waals surface area contributed by atoms with Crippen molar-refractivity contribution < 1.29 is 5.11 Å². The fraction of sp³-hybridized carbons (Fsp3) is 0.455. The lowest BCUT2D eigenvalue weighted by Crippen LogP contribution is -2.29. The van der Waals surface area contributed by atoms with Gasteiger partial charge in [-0.2, -0.15) is 0 Å². The van der Waals surface area contributed by atoms with Gasteiger partial charge >= 0.3 is 0 Å². The predicted octanol–water partition coefficient (Wildman–Crippen LogP) is 1.96. The maximum absolute atomic E-state index is 9.48. The number of phenolic OH excluding ortho intramolecular Hbond substituents is 1. The molecular formula is C11H16N2O. The molecule has 1 aromatic carbocycles. The van der Waals surface area contributed by atoms with Gasteiger partial charge in [0.05, 0.1) is 11.4 Å². The standard InChI is InChI=1S/C11H16N2O/c12-11-9(5-4-6-10(11)14)13-7-2-1-3-8-13/h4-6,14H,1-3,7-8,12H2. The topological polar surface area (TPSA) is 49.5 Å². The summed E-state index contributed by atoms with van der Waals surface area (Å²) in [5.74, 6) is 0.188. The van der Waals surface area contributed by atoms with Gasteiger partial charge in [-0.3, -0.25) is 0 Å². The number of hydrogen-bond donors (Lipinski definition) is 2. The van der Waals surface area contributed by atoms with E-state index in [4.69, 9.17) is 5.73 Å². The van der Waals surface area contributed by atoms with E-state index in [0.29, 0.717) is 5.69 Å². The molecule has 0 unspecified atom stereocenters. The Morgan fingerprint density at radius 1 is 1.14 bits per heavy atom. The zero-order valence-corrected chi connectivity index (χ0v) is 8.24. The Bertz CT molecular complexity index is 319. The molecule has 1 aliphatic rings. The number of anilines is 2. The predicted molar refractivity (Wildman–Crippen MR) is 58.6 cm³/mol. The molecule has 2 rings (SSSR count). The minimum absolute atomic E-state index is 0.188. The monoisotopic (exact) mass is 192 g/mol. The second-order valence-corrected chi connectivity index (χ2v) is 3.76. The highest BCUT2D eigenvalue weighted by Gasteiger charge is 2.14. The van der Waals surface area contributed by atoms with Crippen molar-refractivity contribution in [3.05, 3.63) is 18.2 Å². The Labute approximate surface area is 84.1 Å². The van der Waals surface area contributed by atoms with Gasteiger partial charge in [-0.05, 0) is 31.4 Å². The van der Waals surface area contributed by atoms with E-state index < -0.39 is 0 Å². The van der Waals surface area contributed by atoms with Crippen LogP contribution in [0.15, 0.2) is 18.2 Å². The normalized spacial score (nSPS) is 17.0. The summed E-state index contributed by atoms with van der Waals surface area (Å²) < 4.78 is 0. The van der Waals surface area contributed by atoms with Gasteiger partial charge in [0.15, 0.2) is 0 Å². The van der Waals surface area contributed by atoms with Crippen molar-refractivity contribution in [3.63, 3.8) is 0 Å². The second kappa shape index (κ2) is 3.78. The molecule has 1 saturated heterocycles. The number of para-hydroxylation sites is 1. The Kier molecular flexibility index (Phi) is 2.48. The van der Waals surface area contributed by atoms with Gasteiger partial charge in [-0.25, -0.2) is 0 Å². The SMILES string of the molecule is Nc1c(O)cccc1N1CCCCC1. The van der Waals surface area contributed by atoms with Crippen LogP contribution in [-0.2, 0) is 0 Å². The lowest BCUT2D eigenvalue weighted by atomic mass is 10.1. The summed E-state index contributed by atoms with van der Waals surface area (Å²) in [6.45, 7) is 2.10. The van der Waals surface area contributed by atoms with E-state index in [0.717, 1.165) is 18.8 Å². The van der Waals surface area contributed by atoms with E-state index in [2.05, 4.69) is 4.90 Å². The highest BCUT2D eigenvalue weighted by atomic mass is 16.3. The summed E-state index contributed by atoms with van der Waals surface area (Å²) in [7, 11) is 0. The van der Waals surface area contributed by atoms with E-state index in [1.165, 1.54) is 19.3 Å². The van der Waals surface area contributed by atoms with Crippen molar-refractivity contribution >= 4 is 11.4 Å². The van der Waals surface area contributed by atoms with Gasteiger partial charge in [0, 0.05) is 13.1 Å². The molecule has 3 N–H and O–H groups in total. The third-order valence-electron chi connectivity index (χ3n) is 2.76. The molecule has 0 saturated carbocycles. The van der Waals surface area contributed by atoms with Crippen molar-refractivity contribution in [2.75, 3.05) is 23.7 Å². The molecule has 3 heteroatoms. The van der Waals surface area contributed by atoms with Gasteiger partial charge in [-0.1, -0.05) is 6.07 Å². The summed E-state index contributed by atoms with van der Waals surface area (Å²) in [6, 6.07) is 5.44. The molecule has 0 atom stereocenters. The molecule has 3 nitrogen and oxygen atoms in total. The van der Waals surface area contributed by atoms with Crippen LogP contribution in [-0.4, -0.2) is 18.2 Å². The molecule has 76 valence electrons. The van der Waals surface area contributed by atoms with Crippen molar-refractivity contribution in [2.24, 2.45) is 0 Å². The molecule has 0 bridgehead atoms. The average Bonchev–Trinajstić information content (AvgIpc) is 2.23. The van der Waals surface area contributed by atoms with Crippen LogP contribution in [0.2, 0.25) is 0 Å². The number of nitrogen functional groups attached to an aromatic ring is 1. The van der Waals surface area contributed by atoms with E-state index in [1.54, 1.807) is 6.07 Å². The van der Waals surface area contributed by atoms with Crippen LogP contribution in [0.5, 0.6) is 5.75 Å². The van der Waals surface area contributed by atoms with Gasteiger partial charge < -0.3 is 15.7 Å². The number of benzene rings is 1. The molecule has 0 spiro atoms. The first-order valence-electron chi connectivity index (χ1n) is 5.11. The van der Waals surface area contributed by atoms with Crippen LogP contribution < -0.4 is 10.6 Å². The Morgan fingerprint density at radius 3 is 2.57 bits per heavy atom. The van der Waals surface area contributed by atoms with Crippen molar-refractivity contribution in [1.82, 2.24) is 0 Å². The third kappa shape index (κ3) is 1.62. The molecule has 1 aromatic rings. The summed E-state index contributed by atoms with van der Waals surface area (Å²) >= 11 is 0. The van der Waals surface area contributed by atoms with Gasteiger partial charge in [0.2, 0.25) is 0 Å². The van der Waals surface area contributed by atoms with Gasteiger partial charge in [0.1, 0.15) is 5.75 Å². The largest absolute Gasteiger partial charge is 0.506 e. The highest BCUT2D eigenvalue weighted by molar-refractivity contribution is 5.73. The molecule has 0 amide bonds. The van der Waals surface area contributed by atoms with E-state index in [1.807, 2.05) is 12.1 Å². The molecule has 0 aromatic heterocycles. The molecular weight excluding hydrogens is 176 g/mol. The number of phenols is 1. The molecule has 14 heavy (non-hydrogen) atoms. The van der Waals surface area contributed by atoms with Crippen LogP contribution in [0.1, 0.15) is 19.3 Å². The average molecular weight is 192 g/mol. The molecule has 1 aliphatic heterocycles. The lowest BCUT2D eigenvalue weighted by Gasteiger charge is -2.29. The fourth-order valence-electron chi connectivity index (χ4n) is 1.95. The summed E-state index contributed by atoms with van der Waals surface area (Å²) in [5.41, 5.74) is 7.31. The maximum atomic E-state index is 9.48. The number of hydrogen-bond acceptors (Lipinski definition) is 3. The summed E-state index contributed by atoms with van der Waals surface area (Å²) in [6.07, 6.45) is 3.74. The minimum atomic E-state index is 0.188. The number of nitrogens with two attached hydrogens (primary N) is 1. The third-order valence-corrected chi connectivity index (χ3v) is 2.76. The van der Waals surface area contributed by atoms with Crippen molar-refractivity contribution in [3.8, 4) is 5.75 Å². The zero-order chi connectivity index (χ0) is 9.97. The van der Waals surface area contributed by atoms with Gasteiger partial charge in [-0.15, -0.1) is 0 Å². The lowest BCUT2D eigenvalue weighted by molar-refractivity contribution is 0.477. The quantitative estimate of drug-likeness (QED) is 0.528. The summed E-state index contributed by atoms with van der Waals surface area (Å²) in [5, 5.41) is 9.48. The van der Waals surface area contributed by atoms with Crippen LogP contribution >= 0.6 is 0 Å². The van der Waals surface area contributed by atoms with Crippen LogP contribution in [0.4, 0.5) is 11.4 Å².